The van der Waals surface area contributed by atoms with Crippen LogP contribution in [0.3, 0.4) is 0 Å². The highest BCUT2D eigenvalue weighted by Gasteiger charge is 2.00. The number of nitrogens with zero attached hydrogens (tertiary/aromatic N) is 2. The highest BCUT2D eigenvalue weighted by Crippen LogP contribution is 2.08. The van der Waals surface area contributed by atoms with E-state index in [2.05, 4.69) is 48.5 Å². The average molecular weight is 243 g/mol. The third-order valence-corrected chi connectivity index (χ3v) is 3.01. The average Bonchev–Trinajstić information content (AvgIpc) is 2.76. The van der Waals surface area contributed by atoms with Gasteiger partial charge in [0, 0.05) is 18.4 Å². The van der Waals surface area contributed by atoms with Crippen LogP contribution in [0.25, 0.3) is 0 Å². The molecule has 0 unspecified atom stereocenters. The van der Waals surface area contributed by atoms with Crippen molar-refractivity contribution in [1.82, 2.24) is 15.1 Å². The number of nitrogens with one attached hydrogen (secondary N) is 1. The van der Waals surface area contributed by atoms with E-state index in [1.54, 1.807) is 0 Å². The fourth-order valence-electron chi connectivity index (χ4n) is 1.98. The van der Waals surface area contributed by atoms with Gasteiger partial charge in [-0.05, 0) is 37.1 Å². The van der Waals surface area contributed by atoms with Crippen molar-refractivity contribution < 1.29 is 0 Å². The van der Waals surface area contributed by atoms with E-state index in [9.17, 15) is 0 Å². The Morgan fingerprint density at radius 2 is 2.06 bits per heavy atom. The van der Waals surface area contributed by atoms with Crippen molar-refractivity contribution in [3.05, 3.63) is 53.3 Å². The first kappa shape index (κ1) is 12.8. The molecule has 18 heavy (non-hydrogen) atoms. The van der Waals surface area contributed by atoms with Gasteiger partial charge in [0.1, 0.15) is 0 Å². The zero-order chi connectivity index (χ0) is 12.8. The smallest absolute Gasteiger partial charge is 0.0662 e. The van der Waals surface area contributed by atoms with Gasteiger partial charge >= 0.3 is 0 Å². The summed E-state index contributed by atoms with van der Waals surface area (Å²) in [5.74, 6) is 0. The third kappa shape index (κ3) is 3.44. The summed E-state index contributed by atoms with van der Waals surface area (Å²) in [6.07, 6.45) is 3.02. The molecule has 96 valence electrons. The molecule has 0 aliphatic rings. The van der Waals surface area contributed by atoms with Crippen LogP contribution in [0.1, 0.15) is 30.2 Å². The highest BCUT2D eigenvalue weighted by molar-refractivity contribution is 5.24. The monoisotopic (exact) mass is 243 g/mol. The first-order valence-corrected chi connectivity index (χ1v) is 6.56. The summed E-state index contributed by atoms with van der Waals surface area (Å²) in [4.78, 5) is 0. The second-order valence-corrected chi connectivity index (χ2v) is 4.63. The molecule has 0 saturated carbocycles. The maximum absolute atomic E-state index is 4.32. The molecule has 0 aliphatic heterocycles. The van der Waals surface area contributed by atoms with E-state index in [1.807, 2.05) is 16.9 Å². The first-order chi connectivity index (χ1) is 8.79. The molecule has 0 saturated heterocycles. The number of hydrogen-bond donors (Lipinski definition) is 1. The first-order valence-electron chi connectivity index (χ1n) is 6.56. The Labute approximate surface area is 109 Å². The summed E-state index contributed by atoms with van der Waals surface area (Å²) < 4.78 is 2.03. The Balaban J connectivity index is 2.01. The second kappa shape index (κ2) is 6.36. The fourth-order valence-corrected chi connectivity index (χ4v) is 1.98. The van der Waals surface area contributed by atoms with Crippen LogP contribution in [0.2, 0.25) is 0 Å². The van der Waals surface area contributed by atoms with E-state index in [0.29, 0.717) is 0 Å². The molecule has 1 aromatic heterocycles. The lowest BCUT2D eigenvalue weighted by Crippen LogP contribution is -2.14. The fraction of sp³-hybridized carbons (Fsp3) is 0.400. The van der Waals surface area contributed by atoms with E-state index in [4.69, 9.17) is 0 Å². The SMILES string of the molecule is CCCNCc1cccc(Cn2nccc2C)c1. The molecule has 0 atom stereocenters. The van der Waals surface area contributed by atoms with E-state index < -0.39 is 0 Å². The van der Waals surface area contributed by atoms with Gasteiger partial charge in [-0.2, -0.15) is 5.10 Å². The lowest BCUT2D eigenvalue weighted by atomic mass is 10.1. The largest absolute Gasteiger partial charge is 0.313 e. The maximum Gasteiger partial charge on any atom is 0.0662 e. The normalized spacial score (nSPS) is 10.8. The number of aromatic nitrogens is 2. The van der Waals surface area contributed by atoms with Crippen LogP contribution in [0.4, 0.5) is 0 Å². The quantitative estimate of drug-likeness (QED) is 0.791. The minimum Gasteiger partial charge on any atom is -0.313 e. The van der Waals surface area contributed by atoms with Gasteiger partial charge in [-0.25, -0.2) is 0 Å². The van der Waals surface area contributed by atoms with E-state index in [0.717, 1.165) is 19.6 Å². The topological polar surface area (TPSA) is 29.9 Å². The molecule has 2 rings (SSSR count). The summed E-state index contributed by atoms with van der Waals surface area (Å²) in [6, 6.07) is 10.7. The number of aryl methyl sites for hydroxylation is 1. The van der Waals surface area contributed by atoms with Crippen molar-refractivity contribution in [2.45, 2.75) is 33.4 Å². The lowest BCUT2D eigenvalue weighted by Gasteiger charge is -2.08. The number of benzene rings is 1. The molecule has 0 radical (unpaired) electrons. The van der Waals surface area contributed by atoms with Gasteiger partial charge in [0.25, 0.3) is 0 Å². The summed E-state index contributed by atoms with van der Waals surface area (Å²) >= 11 is 0. The van der Waals surface area contributed by atoms with Crippen LogP contribution in [0, 0.1) is 6.92 Å². The Kier molecular flexibility index (Phi) is 4.53. The highest BCUT2D eigenvalue weighted by atomic mass is 15.3. The van der Waals surface area contributed by atoms with E-state index >= 15 is 0 Å². The molecule has 1 N–H and O–H groups in total. The van der Waals surface area contributed by atoms with Gasteiger partial charge in [0.15, 0.2) is 0 Å². The predicted molar refractivity (Wildman–Crippen MR) is 74.5 cm³/mol. The Morgan fingerprint density at radius 1 is 1.22 bits per heavy atom. The van der Waals surface area contributed by atoms with Gasteiger partial charge in [-0.15, -0.1) is 0 Å². The van der Waals surface area contributed by atoms with Crippen LogP contribution in [0.5, 0.6) is 0 Å². The molecular weight excluding hydrogens is 222 g/mol. The summed E-state index contributed by atoms with van der Waals surface area (Å²) in [6.45, 7) is 7.13. The van der Waals surface area contributed by atoms with Crippen LogP contribution in [0.15, 0.2) is 36.5 Å². The standard InChI is InChI=1S/C15H21N3/c1-3-8-16-11-14-5-4-6-15(10-14)12-18-13(2)7-9-17-18/h4-7,9-10,16H,3,8,11-12H2,1-2H3. The molecule has 0 spiro atoms. The zero-order valence-electron chi connectivity index (χ0n) is 11.2. The maximum atomic E-state index is 4.32. The van der Waals surface area contributed by atoms with Crippen molar-refractivity contribution >= 4 is 0 Å². The van der Waals surface area contributed by atoms with Crippen LogP contribution in [-0.4, -0.2) is 16.3 Å². The Hall–Kier alpha value is -1.61. The lowest BCUT2D eigenvalue weighted by molar-refractivity contribution is 0.658. The molecule has 2 aromatic rings. The molecule has 1 aromatic carbocycles. The van der Waals surface area contributed by atoms with Crippen molar-refractivity contribution in [2.24, 2.45) is 0 Å². The van der Waals surface area contributed by atoms with Crippen molar-refractivity contribution in [3.63, 3.8) is 0 Å². The van der Waals surface area contributed by atoms with Crippen LogP contribution < -0.4 is 5.32 Å². The van der Waals surface area contributed by atoms with Gasteiger partial charge in [-0.1, -0.05) is 31.2 Å². The van der Waals surface area contributed by atoms with Gasteiger partial charge in [-0.3, -0.25) is 4.68 Å². The molecule has 0 aliphatic carbocycles. The van der Waals surface area contributed by atoms with Crippen molar-refractivity contribution in [2.75, 3.05) is 6.54 Å². The van der Waals surface area contributed by atoms with Crippen LogP contribution >= 0.6 is 0 Å². The molecule has 3 nitrogen and oxygen atoms in total. The molecular formula is C15H21N3. The van der Waals surface area contributed by atoms with E-state index in [1.165, 1.54) is 23.2 Å². The molecule has 0 bridgehead atoms. The van der Waals surface area contributed by atoms with Gasteiger partial charge < -0.3 is 5.32 Å². The molecule has 0 fully saturated rings. The molecule has 1 heterocycles. The minimum absolute atomic E-state index is 0.848. The third-order valence-electron chi connectivity index (χ3n) is 3.01. The molecule has 3 heteroatoms. The minimum atomic E-state index is 0.848. The Morgan fingerprint density at radius 3 is 2.78 bits per heavy atom. The Bertz CT molecular complexity index is 488. The van der Waals surface area contributed by atoms with Crippen molar-refractivity contribution in [1.29, 1.82) is 0 Å². The summed E-state index contributed by atoms with van der Waals surface area (Å²) in [7, 11) is 0. The van der Waals surface area contributed by atoms with Gasteiger partial charge in [0.05, 0.1) is 6.54 Å². The zero-order valence-corrected chi connectivity index (χ0v) is 11.2. The number of rotatable bonds is 6. The summed E-state index contributed by atoms with van der Waals surface area (Å²) in [5, 5.41) is 7.74. The second-order valence-electron chi connectivity index (χ2n) is 4.63. The number of hydrogen-bond acceptors (Lipinski definition) is 2. The predicted octanol–water partition coefficient (Wildman–Crippen LogP) is 2.74. The van der Waals surface area contributed by atoms with Gasteiger partial charge in [0.2, 0.25) is 0 Å². The summed E-state index contributed by atoms with van der Waals surface area (Å²) in [5.41, 5.74) is 3.84. The van der Waals surface area contributed by atoms with Crippen LogP contribution in [-0.2, 0) is 13.1 Å². The van der Waals surface area contributed by atoms with Crippen molar-refractivity contribution in [3.8, 4) is 0 Å². The van der Waals surface area contributed by atoms with E-state index in [-0.39, 0.29) is 0 Å². The molecule has 0 amide bonds.